The highest BCUT2D eigenvalue weighted by Crippen LogP contribution is 2.45. The van der Waals surface area contributed by atoms with E-state index in [0.29, 0.717) is 25.7 Å². The zero-order chi connectivity index (χ0) is 49.6. The van der Waals surface area contributed by atoms with Crippen LogP contribution in [0, 0.1) is 0 Å². The molecule has 1 rings (SSSR count). The number of hydrogen-bond donors (Lipinski definition) is 3. The standard InChI is InChI=1S/C59H106O9/c1-4-7-10-31-40-52(60)43-34-25-19-13-16-22-28-37-46-56(63)66-51-55(67-57(64)47-38-29-23-17-14-20-26-35-44-53(61)41-32-11-8-5-2)59(49-50-59)68-58(65)48-39-30-24-18-15-21-27-36-45-54(62)42-33-12-9-6-3/h25-27,34-36,52-55,60-62H,4-24,28-33,37-51H2,1-3H3/b34-25-,35-26-,36-27-/t52-,53-,54-,55?/m1/s1. The van der Waals surface area contributed by atoms with E-state index in [-0.39, 0.29) is 49.2 Å². The molecule has 0 aromatic carbocycles. The Morgan fingerprint density at radius 2 is 0.765 bits per heavy atom. The second-order valence-electron chi connectivity index (χ2n) is 20.3. The van der Waals surface area contributed by atoms with E-state index >= 15 is 0 Å². The van der Waals surface area contributed by atoms with Gasteiger partial charge in [-0.25, -0.2) is 0 Å². The first-order valence-electron chi connectivity index (χ1n) is 28.7. The number of allylic oxidation sites excluding steroid dienone is 3. The number of carbonyl (C=O) groups excluding carboxylic acids is 3. The number of unbranched alkanes of at least 4 members (excludes halogenated alkanes) is 24. The second-order valence-corrected chi connectivity index (χ2v) is 20.3. The molecular weight excluding hydrogens is 853 g/mol. The van der Waals surface area contributed by atoms with Gasteiger partial charge < -0.3 is 29.5 Å². The van der Waals surface area contributed by atoms with E-state index in [2.05, 4.69) is 57.2 Å². The van der Waals surface area contributed by atoms with Crippen molar-refractivity contribution >= 4 is 17.9 Å². The lowest BCUT2D eigenvalue weighted by Gasteiger charge is -2.27. The molecule has 1 aliphatic rings. The number of carbonyl (C=O) groups is 3. The van der Waals surface area contributed by atoms with Gasteiger partial charge >= 0.3 is 17.9 Å². The number of rotatable bonds is 50. The Morgan fingerprint density at radius 3 is 1.15 bits per heavy atom. The molecule has 0 saturated heterocycles. The summed E-state index contributed by atoms with van der Waals surface area (Å²) in [5, 5.41) is 30.5. The first kappa shape index (κ1) is 63.5. The van der Waals surface area contributed by atoms with Crippen LogP contribution < -0.4 is 0 Å². The molecule has 0 heterocycles. The van der Waals surface area contributed by atoms with Crippen molar-refractivity contribution in [2.24, 2.45) is 0 Å². The normalized spacial score (nSPS) is 15.3. The van der Waals surface area contributed by atoms with Crippen molar-refractivity contribution in [3.8, 4) is 0 Å². The van der Waals surface area contributed by atoms with Crippen molar-refractivity contribution in [2.45, 2.75) is 314 Å². The van der Waals surface area contributed by atoms with Gasteiger partial charge in [0.25, 0.3) is 0 Å². The Kier molecular flexibility index (Phi) is 42.6. The summed E-state index contributed by atoms with van der Waals surface area (Å²) < 4.78 is 17.7. The van der Waals surface area contributed by atoms with Crippen LogP contribution in [0.3, 0.4) is 0 Å². The Hall–Kier alpha value is -2.49. The fourth-order valence-electron chi connectivity index (χ4n) is 8.72. The number of aliphatic hydroxyl groups excluding tert-OH is 3. The molecule has 9 heteroatoms. The highest BCUT2D eigenvalue weighted by atomic mass is 16.6. The molecule has 0 aliphatic heterocycles. The van der Waals surface area contributed by atoms with Gasteiger partial charge in [0.1, 0.15) is 6.61 Å². The molecule has 0 aromatic rings. The van der Waals surface area contributed by atoms with Crippen LogP contribution >= 0.6 is 0 Å². The summed E-state index contributed by atoms with van der Waals surface area (Å²) in [6.45, 7) is 6.50. The molecule has 0 spiro atoms. The van der Waals surface area contributed by atoms with Crippen LogP contribution in [0.15, 0.2) is 36.5 Å². The Morgan fingerprint density at radius 1 is 0.426 bits per heavy atom. The van der Waals surface area contributed by atoms with E-state index in [1.165, 1.54) is 57.8 Å². The molecule has 1 saturated carbocycles. The minimum Gasteiger partial charge on any atom is -0.462 e. The van der Waals surface area contributed by atoms with Crippen molar-refractivity contribution < 1.29 is 43.9 Å². The summed E-state index contributed by atoms with van der Waals surface area (Å²) in [5.74, 6) is -0.944. The highest BCUT2D eigenvalue weighted by molar-refractivity contribution is 5.72. The fourth-order valence-corrected chi connectivity index (χ4v) is 8.72. The van der Waals surface area contributed by atoms with Crippen molar-refractivity contribution in [1.29, 1.82) is 0 Å². The molecule has 396 valence electrons. The third-order valence-corrected chi connectivity index (χ3v) is 13.5. The number of aliphatic hydroxyl groups is 3. The predicted molar refractivity (Wildman–Crippen MR) is 281 cm³/mol. The van der Waals surface area contributed by atoms with E-state index in [0.717, 1.165) is 173 Å². The summed E-state index contributed by atoms with van der Waals surface area (Å²) in [5.41, 5.74) is -0.928. The van der Waals surface area contributed by atoms with Crippen LogP contribution in [-0.2, 0) is 28.6 Å². The summed E-state index contributed by atoms with van der Waals surface area (Å²) >= 11 is 0. The largest absolute Gasteiger partial charge is 0.462 e. The summed E-state index contributed by atoms with van der Waals surface area (Å²) in [4.78, 5) is 39.1. The molecule has 9 nitrogen and oxygen atoms in total. The lowest BCUT2D eigenvalue weighted by atomic mass is 10.1. The maximum atomic E-state index is 13.1. The van der Waals surface area contributed by atoms with Gasteiger partial charge in [-0.1, -0.05) is 192 Å². The summed E-state index contributed by atoms with van der Waals surface area (Å²) in [6.07, 6.45) is 50.2. The van der Waals surface area contributed by atoms with Gasteiger partial charge in [-0.3, -0.25) is 14.4 Å². The minimum absolute atomic E-state index is 0.104. The second kappa shape index (κ2) is 45.6. The van der Waals surface area contributed by atoms with E-state index in [1.54, 1.807) is 0 Å². The molecule has 1 aliphatic carbocycles. The molecule has 0 radical (unpaired) electrons. The van der Waals surface area contributed by atoms with Gasteiger partial charge in [-0.15, -0.1) is 0 Å². The van der Waals surface area contributed by atoms with Crippen molar-refractivity contribution in [1.82, 2.24) is 0 Å². The van der Waals surface area contributed by atoms with Crippen LogP contribution in [0.4, 0.5) is 0 Å². The highest BCUT2D eigenvalue weighted by Gasteiger charge is 2.56. The van der Waals surface area contributed by atoms with E-state index < -0.39 is 11.7 Å². The first-order valence-corrected chi connectivity index (χ1v) is 28.7. The molecule has 0 amide bonds. The molecule has 3 N–H and O–H groups in total. The average molecular weight is 959 g/mol. The van der Waals surface area contributed by atoms with Crippen LogP contribution in [0.2, 0.25) is 0 Å². The quantitative estimate of drug-likeness (QED) is 0.0235. The molecule has 1 fully saturated rings. The van der Waals surface area contributed by atoms with Gasteiger partial charge in [0.05, 0.1) is 18.3 Å². The smallest absolute Gasteiger partial charge is 0.306 e. The number of hydrogen-bond acceptors (Lipinski definition) is 9. The minimum atomic E-state index is -0.928. The third kappa shape index (κ3) is 39.3. The van der Waals surface area contributed by atoms with Crippen LogP contribution in [0.5, 0.6) is 0 Å². The summed E-state index contributed by atoms with van der Waals surface area (Å²) in [6, 6.07) is 0. The van der Waals surface area contributed by atoms with Crippen LogP contribution in [0.1, 0.15) is 284 Å². The maximum absolute atomic E-state index is 13.1. The number of ether oxygens (including phenoxy) is 3. The monoisotopic (exact) mass is 959 g/mol. The van der Waals surface area contributed by atoms with Crippen LogP contribution in [0.25, 0.3) is 0 Å². The zero-order valence-electron chi connectivity index (χ0n) is 44.3. The Labute approximate surface area is 417 Å². The predicted octanol–water partition coefficient (Wildman–Crippen LogP) is 15.5. The van der Waals surface area contributed by atoms with Crippen LogP contribution in [-0.4, -0.2) is 69.9 Å². The van der Waals surface area contributed by atoms with Crippen molar-refractivity contribution in [2.75, 3.05) is 6.61 Å². The van der Waals surface area contributed by atoms with E-state index in [9.17, 15) is 29.7 Å². The SMILES string of the molecule is CCCCCC[C@@H](O)C/C=C\CCCCCCCC(=O)OCC(OC(=O)CCCCCCC/C=C\C[C@H](O)CCCCCC)C1(OC(=O)CCCCCCC/C=C\C[C@H](O)CCCCCC)CC1. The fraction of sp³-hybridized carbons (Fsp3) is 0.847. The molecule has 1 unspecified atom stereocenters. The van der Waals surface area contributed by atoms with Gasteiger partial charge in [0.2, 0.25) is 0 Å². The van der Waals surface area contributed by atoms with Gasteiger partial charge in [0, 0.05) is 19.3 Å². The Bertz CT molecular complexity index is 1270. The zero-order valence-corrected chi connectivity index (χ0v) is 44.3. The number of esters is 3. The van der Waals surface area contributed by atoms with Gasteiger partial charge in [-0.2, -0.15) is 0 Å². The lowest BCUT2D eigenvalue weighted by molar-refractivity contribution is -0.180. The van der Waals surface area contributed by atoms with E-state index in [4.69, 9.17) is 14.2 Å². The summed E-state index contributed by atoms with van der Waals surface area (Å²) in [7, 11) is 0. The molecule has 0 aromatic heterocycles. The molecule has 0 bridgehead atoms. The topological polar surface area (TPSA) is 140 Å². The van der Waals surface area contributed by atoms with Gasteiger partial charge in [0.15, 0.2) is 11.7 Å². The molecular formula is C59H106O9. The molecule has 68 heavy (non-hydrogen) atoms. The molecule has 4 atom stereocenters. The van der Waals surface area contributed by atoms with E-state index in [1.807, 2.05) is 0 Å². The van der Waals surface area contributed by atoms with Crippen molar-refractivity contribution in [3.63, 3.8) is 0 Å². The Balaban J connectivity index is 2.46. The van der Waals surface area contributed by atoms with Gasteiger partial charge in [-0.05, 0) is 109 Å². The average Bonchev–Trinajstić information content (AvgIpc) is 4.11. The lowest BCUT2D eigenvalue weighted by Crippen LogP contribution is -2.41. The maximum Gasteiger partial charge on any atom is 0.306 e. The third-order valence-electron chi connectivity index (χ3n) is 13.5. The first-order chi connectivity index (χ1) is 33.2. The van der Waals surface area contributed by atoms with Crippen molar-refractivity contribution in [3.05, 3.63) is 36.5 Å².